The number of halogens is 1. The number of aliphatic hydroxyl groups excluding tert-OH is 1. The molecule has 0 heterocycles. The smallest absolute Gasteiger partial charge is 0.305 e. The summed E-state index contributed by atoms with van der Waals surface area (Å²) >= 11 is 0. The number of unbranched alkanes of at least 4 members (excludes halogenated alkanes) is 1. The molecule has 1 aromatic rings. The molecular weight excluding hydrogens is 481 g/mol. The van der Waals surface area contributed by atoms with Crippen molar-refractivity contribution in [3.63, 3.8) is 0 Å². The predicted molar refractivity (Wildman–Crippen MR) is 151 cm³/mol. The number of aliphatic hydroxyl groups is 1. The summed E-state index contributed by atoms with van der Waals surface area (Å²) in [5, 5.41) is 14.2. The molecule has 0 fully saturated rings. The number of β-amino-alcohol motifs (C(OH)–C–C–N with tert-alkyl or cyclic N) is 1. The van der Waals surface area contributed by atoms with Crippen LogP contribution >= 0.6 is 0 Å². The Kier molecular flexibility index (Phi) is 11.6. The number of fused-ring (bicyclic) bond motifs is 1. The van der Waals surface area contributed by atoms with Crippen molar-refractivity contribution < 1.29 is 23.8 Å². The number of carbonyl (C=O) groups excluding carboxylic acids is 1. The van der Waals surface area contributed by atoms with Crippen LogP contribution in [0.5, 0.6) is 0 Å². The van der Waals surface area contributed by atoms with Gasteiger partial charge in [-0.3, -0.25) is 4.79 Å². The number of esters is 1. The minimum Gasteiger partial charge on any atom is -0.466 e. The number of nitrogens with one attached hydrogen (secondary N) is 1. The van der Waals surface area contributed by atoms with Gasteiger partial charge in [0.2, 0.25) is 0 Å². The highest BCUT2D eigenvalue weighted by atomic mass is 19.1. The van der Waals surface area contributed by atoms with Gasteiger partial charge in [-0.25, -0.2) is 4.39 Å². The summed E-state index contributed by atoms with van der Waals surface area (Å²) in [6.07, 6.45) is 6.32. The Morgan fingerprint density at radius 2 is 1.89 bits per heavy atom. The predicted octanol–water partition coefficient (Wildman–Crippen LogP) is 6.03. The minimum atomic E-state index is -0.976. The maximum Gasteiger partial charge on any atom is 0.305 e. The third kappa shape index (κ3) is 9.03. The van der Waals surface area contributed by atoms with Gasteiger partial charge >= 0.3 is 5.97 Å². The van der Waals surface area contributed by atoms with Crippen molar-refractivity contribution in [2.45, 2.75) is 110 Å². The molecule has 5 nitrogen and oxygen atoms in total. The van der Waals surface area contributed by atoms with E-state index in [2.05, 4.69) is 43.4 Å². The van der Waals surface area contributed by atoms with Crippen molar-refractivity contribution in [1.82, 2.24) is 5.32 Å². The maximum absolute atomic E-state index is 14.5. The van der Waals surface area contributed by atoms with Crippen LogP contribution in [-0.4, -0.2) is 54.8 Å². The summed E-state index contributed by atoms with van der Waals surface area (Å²) < 4.78 is 25.6. The van der Waals surface area contributed by atoms with Crippen LogP contribution in [0, 0.1) is 5.92 Å². The fourth-order valence-electron chi connectivity index (χ4n) is 5.89. The molecular formula is C32H48FNO4. The molecule has 0 saturated heterocycles. The first kappa shape index (κ1) is 30.5. The quantitative estimate of drug-likeness (QED) is 0.214. The van der Waals surface area contributed by atoms with Crippen molar-refractivity contribution in [2.24, 2.45) is 5.92 Å². The van der Waals surface area contributed by atoms with E-state index in [0.29, 0.717) is 44.8 Å². The van der Waals surface area contributed by atoms with Gasteiger partial charge in [-0.2, -0.15) is 0 Å². The van der Waals surface area contributed by atoms with Gasteiger partial charge in [-0.05, 0) is 107 Å². The first-order valence-electron chi connectivity index (χ1n) is 14.4. The summed E-state index contributed by atoms with van der Waals surface area (Å²) in [6.45, 7) is 11.1. The average Bonchev–Trinajstić information content (AvgIpc) is 3.28. The van der Waals surface area contributed by atoms with E-state index >= 15 is 0 Å². The topological polar surface area (TPSA) is 67.8 Å². The molecule has 1 unspecified atom stereocenters. The van der Waals surface area contributed by atoms with Crippen molar-refractivity contribution >= 4 is 5.97 Å². The summed E-state index contributed by atoms with van der Waals surface area (Å²) in [7, 11) is 0. The zero-order chi connectivity index (χ0) is 27.7. The summed E-state index contributed by atoms with van der Waals surface area (Å²) in [5.74, 6) is 0.434. The van der Waals surface area contributed by atoms with Gasteiger partial charge in [-0.15, -0.1) is 0 Å². The molecule has 212 valence electrons. The Balaban J connectivity index is 1.43. The molecule has 0 radical (unpaired) electrons. The van der Waals surface area contributed by atoms with E-state index in [9.17, 15) is 14.3 Å². The highest BCUT2D eigenvalue weighted by Crippen LogP contribution is 2.34. The molecule has 0 aromatic heterocycles. The second-order valence-corrected chi connectivity index (χ2v) is 11.7. The normalized spacial score (nSPS) is 19.8. The molecule has 1 aromatic carbocycles. The monoisotopic (exact) mass is 529 g/mol. The number of hydrogen-bond acceptors (Lipinski definition) is 5. The van der Waals surface area contributed by atoms with Gasteiger partial charge in [0.1, 0.15) is 6.17 Å². The highest BCUT2D eigenvalue weighted by Gasteiger charge is 2.29. The molecule has 6 heteroatoms. The molecule has 3 rings (SSSR count). The van der Waals surface area contributed by atoms with Gasteiger partial charge in [0.05, 0.1) is 25.4 Å². The molecule has 0 bridgehead atoms. The zero-order valence-corrected chi connectivity index (χ0v) is 24.0. The van der Waals surface area contributed by atoms with E-state index < -0.39 is 12.3 Å². The molecule has 2 N–H and O–H groups in total. The Morgan fingerprint density at radius 1 is 1.21 bits per heavy atom. The van der Waals surface area contributed by atoms with E-state index in [1.165, 1.54) is 11.1 Å². The number of rotatable bonds is 15. The van der Waals surface area contributed by atoms with Crippen molar-refractivity contribution in [1.29, 1.82) is 0 Å². The summed E-state index contributed by atoms with van der Waals surface area (Å²) in [5.41, 5.74) is 5.61. The molecule has 0 aliphatic heterocycles. The van der Waals surface area contributed by atoms with Gasteiger partial charge in [0, 0.05) is 24.9 Å². The van der Waals surface area contributed by atoms with Crippen LogP contribution in [0.1, 0.15) is 84.3 Å². The number of ether oxygens (including phenoxy) is 2. The second kappa shape index (κ2) is 14.4. The van der Waals surface area contributed by atoms with E-state index in [1.54, 1.807) is 6.92 Å². The first-order valence-corrected chi connectivity index (χ1v) is 14.4. The Bertz CT molecular complexity index is 960. The Morgan fingerprint density at radius 3 is 2.55 bits per heavy atom. The lowest BCUT2D eigenvalue weighted by Gasteiger charge is -2.31. The lowest BCUT2D eigenvalue weighted by atomic mass is 9.85. The third-order valence-electron chi connectivity index (χ3n) is 7.93. The van der Waals surface area contributed by atoms with E-state index in [0.717, 1.165) is 42.4 Å². The molecule has 2 aliphatic carbocycles. The fraction of sp³-hybridized carbons (Fsp3) is 0.656. The molecule has 2 aliphatic rings. The highest BCUT2D eigenvalue weighted by molar-refractivity contribution is 5.69. The molecule has 0 saturated carbocycles. The number of hydrogen-bond donors (Lipinski definition) is 2. The second-order valence-electron chi connectivity index (χ2n) is 11.7. The summed E-state index contributed by atoms with van der Waals surface area (Å²) in [6, 6.07) is 8.71. The number of alkyl halides is 1. The molecule has 38 heavy (non-hydrogen) atoms. The fourth-order valence-corrected chi connectivity index (χ4v) is 5.89. The molecule has 0 amide bonds. The average molecular weight is 530 g/mol. The van der Waals surface area contributed by atoms with Crippen LogP contribution in [0.3, 0.4) is 0 Å². The van der Waals surface area contributed by atoms with Crippen molar-refractivity contribution in [3.05, 3.63) is 58.2 Å². The first-order chi connectivity index (χ1) is 18.1. The lowest BCUT2D eigenvalue weighted by Crippen LogP contribution is -2.46. The van der Waals surface area contributed by atoms with Crippen LogP contribution in [0.25, 0.3) is 0 Å². The van der Waals surface area contributed by atoms with Gasteiger partial charge in [-0.1, -0.05) is 30.3 Å². The van der Waals surface area contributed by atoms with Gasteiger partial charge in [0.15, 0.2) is 0 Å². The zero-order valence-electron chi connectivity index (χ0n) is 24.0. The Hall–Kier alpha value is -2.02. The van der Waals surface area contributed by atoms with Crippen molar-refractivity contribution in [3.8, 4) is 0 Å². The SMILES string of the molecule is CCOC(=O)CCCCC1=C(C)C(F)CC=C1[C@@H](C)OC[C@H](O)CNC(C)(C)CC1Cc2ccccc2C1. The van der Waals surface area contributed by atoms with E-state index in [-0.39, 0.29) is 24.2 Å². The maximum atomic E-state index is 14.5. The van der Waals surface area contributed by atoms with Crippen LogP contribution in [-0.2, 0) is 27.1 Å². The number of allylic oxidation sites excluding steroid dienone is 2. The van der Waals surface area contributed by atoms with E-state index in [4.69, 9.17) is 9.47 Å². The van der Waals surface area contributed by atoms with Crippen LogP contribution in [0.4, 0.5) is 4.39 Å². The standard InChI is InChI=1S/C32H48FNO4/c1-6-37-31(36)14-10-9-13-28-22(2)30(33)16-15-29(28)23(3)38-21-27(35)20-34-32(4,5)19-24-17-25-11-7-8-12-26(25)18-24/h7-8,11-12,15,23-24,27,30,34-35H,6,9-10,13-14,16-21H2,1-5H3/t23-,27-,30?/m1/s1. The summed E-state index contributed by atoms with van der Waals surface area (Å²) in [4.78, 5) is 11.6. The third-order valence-corrected chi connectivity index (χ3v) is 7.93. The van der Waals surface area contributed by atoms with Crippen LogP contribution < -0.4 is 5.32 Å². The lowest BCUT2D eigenvalue weighted by molar-refractivity contribution is -0.143. The number of carbonyl (C=O) groups is 1. The number of benzene rings is 1. The van der Waals surface area contributed by atoms with Crippen LogP contribution in [0.2, 0.25) is 0 Å². The molecule has 3 atom stereocenters. The van der Waals surface area contributed by atoms with E-state index in [1.807, 2.05) is 19.9 Å². The van der Waals surface area contributed by atoms with Gasteiger partial charge < -0.3 is 19.9 Å². The van der Waals surface area contributed by atoms with Gasteiger partial charge in [0.25, 0.3) is 0 Å². The Labute approximate surface area is 228 Å². The minimum absolute atomic E-state index is 0.0854. The van der Waals surface area contributed by atoms with Crippen molar-refractivity contribution in [2.75, 3.05) is 19.8 Å². The molecule has 0 spiro atoms. The van der Waals surface area contributed by atoms with Crippen LogP contribution in [0.15, 0.2) is 47.1 Å². The largest absolute Gasteiger partial charge is 0.466 e.